The molecule has 1 aliphatic heterocycles. The Morgan fingerprint density at radius 2 is 2.43 bits per heavy atom. The highest BCUT2D eigenvalue weighted by Gasteiger charge is 2.06. The number of allylic oxidation sites excluding steroid dienone is 1. The van der Waals surface area contributed by atoms with Crippen LogP contribution < -0.4 is 0 Å². The van der Waals surface area contributed by atoms with Gasteiger partial charge in [0.1, 0.15) is 12.0 Å². The second-order valence-electron chi connectivity index (χ2n) is 1.49. The largest absolute Gasteiger partial charge is 0.463 e. The summed E-state index contributed by atoms with van der Waals surface area (Å²) in [6.45, 7) is 0. The topological polar surface area (TPSA) is 12.5 Å². The van der Waals surface area contributed by atoms with Crippen LogP contribution >= 0.6 is 11.6 Å². The predicted molar refractivity (Wildman–Crippen MR) is 29.1 cm³/mol. The van der Waals surface area contributed by atoms with E-state index in [0.717, 1.165) is 24.5 Å². The highest BCUT2D eigenvalue weighted by Crippen LogP contribution is 2.18. The van der Waals surface area contributed by atoms with Gasteiger partial charge in [0.2, 0.25) is 0 Å². The van der Waals surface area contributed by atoms with Crippen molar-refractivity contribution in [2.75, 3.05) is 5.88 Å². The Morgan fingerprint density at radius 3 is 2.86 bits per heavy atom. The number of hydrogen-bond donors (Lipinski definition) is 0. The van der Waals surface area contributed by atoms with Crippen molar-refractivity contribution in [3.8, 4) is 0 Å². The third-order valence-corrected chi connectivity index (χ3v) is 1.11. The maximum atomic E-state index is 5.39. The summed E-state index contributed by atoms with van der Waals surface area (Å²) in [5.41, 5.74) is 0. The molecule has 1 nitrogen and oxygen atoms in total. The molecule has 0 saturated heterocycles. The van der Waals surface area contributed by atoms with E-state index in [1.807, 2.05) is 0 Å². The van der Waals surface area contributed by atoms with Gasteiger partial charge < -0.3 is 4.74 Å². The minimum absolute atomic E-state index is 0.737. The van der Waals surface area contributed by atoms with Gasteiger partial charge in [0.05, 0.1) is 0 Å². The highest BCUT2D eigenvalue weighted by atomic mass is 35.5. The maximum Gasteiger partial charge on any atom is 0.138 e. The smallest absolute Gasteiger partial charge is 0.138 e. The molecule has 0 spiro atoms. The first-order valence-corrected chi connectivity index (χ1v) is 2.88. The van der Waals surface area contributed by atoms with Gasteiger partial charge in [-0.25, -0.2) is 0 Å². The second kappa shape index (κ2) is 2.22. The molecule has 0 N–H and O–H groups in total. The first-order chi connectivity index (χ1) is 3.43. The minimum atomic E-state index is 0.737. The van der Waals surface area contributed by atoms with Crippen LogP contribution in [0.25, 0.3) is 0 Å². The van der Waals surface area contributed by atoms with Crippen LogP contribution in [0.1, 0.15) is 12.8 Å². The van der Waals surface area contributed by atoms with Gasteiger partial charge in [-0.3, -0.25) is 0 Å². The number of alkyl halides is 1. The fourth-order valence-electron chi connectivity index (χ4n) is 0.401. The summed E-state index contributed by atoms with van der Waals surface area (Å²) in [4.78, 5) is 0. The van der Waals surface area contributed by atoms with E-state index in [-0.39, 0.29) is 0 Å². The number of ether oxygens (including phenoxy) is 1. The Morgan fingerprint density at radius 1 is 1.71 bits per heavy atom. The van der Waals surface area contributed by atoms with Gasteiger partial charge in [0.25, 0.3) is 0 Å². The summed E-state index contributed by atoms with van der Waals surface area (Å²) >= 11 is 5.39. The fraction of sp³-hybridized carbons (Fsp3) is 0.600. The molecule has 40 valence electrons. The Balaban J connectivity index is 1.89. The van der Waals surface area contributed by atoms with Crippen molar-refractivity contribution in [1.29, 1.82) is 0 Å². The summed E-state index contributed by atoms with van der Waals surface area (Å²) in [7, 11) is 0. The van der Waals surface area contributed by atoms with Crippen molar-refractivity contribution in [3.05, 3.63) is 12.0 Å². The summed E-state index contributed by atoms with van der Waals surface area (Å²) in [6, 6.07) is 0. The lowest BCUT2D eigenvalue weighted by Gasteiger charge is -1.82. The van der Waals surface area contributed by atoms with Gasteiger partial charge in [0.15, 0.2) is 0 Å². The Hall–Kier alpha value is -0.170. The Labute approximate surface area is 47.9 Å². The molecule has 0 aromatic carbocycles. The van der Waals surface area contributed by atoms with Gasteiger partial charge in [-0.2, -0.15) is 0 Å². The van der Waals surface area contributed by atoms with Gasteiger partial charge in [-0.15, -0.1) is 11.6 Å². The summed E-state index contributed by atoms with van der Waals surface area (Å²) in [6.07, 6.45) is 3.81. The number of hydrogen-bond acceptors (Lipinski definition) is 1. The first kappa shape index (κ1) is 4.98. The van der Waals surface area contributed by atoms with Gasteiger partial charge in [-0.1, -0.05) is 0 Å². The van der Waals surface area contributed by atoms with E-state index in [0.29, 0.717) is 0 Å². The molecule has 0 aliphatic carbocycles. The van der Waals surface area contributed by atoms with Crippen LogP contribution in [0.5, 0.6) is 0 Å². The van der Waals surface area contributed by atoms with Gasteiger partial charge >= 0.3 is 0 Å². The van der Waals surface area contributed by atoms with Crippen LogP contribution in [-0.2, 0) is 4.74 Å². The van der Waals surface area contributed by atoms with Gasteiger partial charge in [-0.05, 0) is 6.42 Å². The van der Waals surface area contributed by atoms with E-state index >= 15 is 0 Å². The average molecular weight is 119 g/mol. The molecule has 0 fully saturated rings. The summed E-state index contributed by atoms with van der Waals surface area (Å²) in [5, 5.41) is 0. The van der Waals surface area contributed by atoms with Crippen molar-refractivity contribution >= 4 is 11.6 Å². The minimum Gasteiger partial charge on any atom is -0.463 e. The Bertz CT molecular complexity index is 88.1. The molecular formula is C5H7ClO. The van der Waals surface area contributed by atoms with Crippen LogP contribution in [0.3, 0.4) is 0 Å². The van der Waals surface area contributed by atoms with E-state index in [4.69, 9.17) is 16.3 Å². The first-order valence-electron chi connectivity index (χ1n) is 2.35. The summed E-state index contributed by atoms with van der Waals surface area (Å²) < 4.78 is 4.74. The molecule has 0 saturated carbocycles. The zero-order valence-electron chi connectivity index (χ0n) is 3.98. The zero-order valence-corrected chi connectivity index (χ0v) is 4.74. The molecule has 0 unspecified atom stereocenters. The highest BCUT2D eigenvalue weighted by molar-refractivity contribution is 6.17. The summed E-state index contributed by atoms with van der Waals surface area (Å²) in [5.74, 6) is 1.83. The molecule has 0 aromatic heterocycles. The molecule has 1 heterocycles. The molecule has 1 rings (SSSR count). The Kier molecular flexibility index (Phi) is 1.58. The van der Waals surface area contributed by atoms with Crippen LogP contribution in [0, 0.1) is 0 Å². The van der Waals surface area contributed by atoms with Crippen molar-refractivity contribution in [2.24, 2.45) is 0 Å². The molecule has 2 heteroatoms. The van der Waals surface area contributed by atoms with E-state index in [9.17, 15) is 0 Å². The lowest BCUT2D eigenvalue weighted by molar-refractivity contribution is 0.481. The van der Waals surface area contributed by atoms with E-state index < -0.39 is 0 Å². The van der Waals surface area contributed by atoms with Crippen LogP contribution in [0.15, 0.2) is 12.0 Å². The van der Waals surface area contributed by atoms with E-state index in [1.54, 1.807) is 6.26 Å². The second-order valence-corrected chi connectivity index (χ2v) is 1.87. The van der Waals surface area contributed by atoms with Crippen LogP contribution in [0.4, 0.5) is 0 Å². The van der Waals surface area contributed by atoms with Crippen LogP contribution in [-0.4, -0.2) is 5.88 Å². The molecule has 0 amide bonds. The molecule has 1 aliphatic rings. The van der Waals surface area contributed by atoms with Crippen LogP contribution in [0.2, 0.25) is 0 Å². The van der Waals surface area contributed by atoms with Crippen molar-refractivity contribution in [3.63, 3.8) is 0 Å². The number of halogens is 1. The SMILES string of the molecule is ClCCCC1=CO1. The molecule has 0 radical (unpaired) electrons. The van der Waals surface area contributed by atoms with Crippen molar-refractivity contribution in [1.82, 2.24) is 0 Å². The average Bonchev–Trinajstić information content (AvgIpc) is 2.42. The lowest BCUT2D eigenvalue weighted by atomic mass is 10.3. The monoisotopic (exact) mass is 118 g/mol. The standard InChI is InChI=1S/C5H7ClO/c6-3-1-2-5-4-7-5/h4H,1-3H2. The molecular weight excluding hydrogens is 112 g/mol. The normalized spacial score (nSPS) is 15.3. The van der Waals surface area contributed by atoms with E-state index in [2.05, 4.69) is 0 Å². The molecule has 0 atom stereocenters. The lowest BCUT2D eigenvalue weighted by Crippen LogP contribution is -1.71. The molecule has 7 heavy (non-hydrogen) atoms. The van der Waals surface area contributed by atoms with Crippen molar-refractivity contribution in [2.45, 2.75) is 12.8 Å². The molecule has 0 bridgehead atoms. The zero-order chi connectivity index (χ0) is 5.11. The maximum absolute atomic E-state index is 5.39. The third kappa shape index (κ3) is 1.83. The molecule has 0 aromatic rings. The predicted octanol–water partition coefficient (Wildman–Crippen LogP) is 1.88. The number of rotatable bonds is 3. The fourth-order valence-corrected chi connectivity index (χ4v) is 0.534. The van der Waals surface area contributed by atoms with Crippen molar-refractivity contribution < 1.29 is 4.74 Å². The van der Waals surface area contributed by atoms with E-state index in [1.165, 1.54) is 0 Å². The van der Waals surface area contributed by atoms with Gasteiger partial charge in [0, 0.05) is 12.3 Å². The third-order valence-electron chi connectivity index (χ3n) is 0.841. The quantitative estimate of drug-likeness (QED) is 0.516.